The number of aromatic nitrogens is 1. The van der Waals surface area contributed by atoms with E-state index in [1.807, 2.05) is 19.9 Å². The van der Waals surface area contributed by atoms with Gasteiger partial charge in [-0.05, 0) is 85.6 Å². The minimum atomic E-state index is -0.927. The summed E-state index contributed by atoms with van der Waals surface area (Å²) >= 11 is 9.47. The molecule has 0 atom stereocenters. The lowest BCUT2D eigenvalue weighted by molar-refractivity contribution is -0.133. The molecule has 9 heteroatoms. The van der Waals surface area contributed by atoms with Crippen LogP contribution in [0, 0.1) is 13.8 Å². The molecule has 0 radical (unpaired) electrons. The van der Waals surface area contributed by atoms with Crippen LogP contribution < -0.4 is 16.1 Å². The molecule has 0 bridgehead atoms. The van der Waals surface area contributed by atoms with Gasteiger partial charge in [0.1, 0.15) is 5.69 Å². The van der Waals surface area contributed by atoms with E-state index in [9.17, 15) is 14.4 Å². The smallest absolute Gasteiger partial charge is 0.321 e. The van der Waals surface area contributed by atoms with Crippen LogP contribution in [0.2, 0.25) is 5.02 Å². The third-order valence-corrected chi connectivity index (χ3v) is 5.76. The topological polar surface area (TPSA) is 92.2 Å². The number of anilines is 2. The number of carbonyl (C=O) groups excluding carboxylic acids is 3. The Morgan fingerprint density at radius 2 is 1.47 bits per heavy atom. The van der Waals surface area contributed by atoms with Crippen molar-refractivity contribution in [1.82, 2.24) is 4.68 Å². The van der Waals surface area contributed by atoms with Crippen molar-refractivity contribution < 1.29 is 14.4 Å². The molecule has 0 aliphatic rings. The van der Waals surface area contributed by atoms with Crippen LogP contribution in [0.3, 0.4) is 0 Å². The molecule has 4 rings (SSSR count). The number of hydrogen-bond acceptors (Lipinski definition) is 3. The van der Waals surface area contributed by atoms with Crippen molar-refractivity contribution in [1.29, 1.82) is 0 Å². The molecule has 0 aliphatic carbocycles. The highest BCUT2D eigenvalue weighted by Gasteiger charge is 2.21. The Morgan fingerprint density at radius 1 is 0.794 bits per heavy atom. The summed E-state index contributed by atoms with van der Waals surface area (Å²) in [5.41, 5.74) is 6.17. The second-order valence-corrected chi connectivity index (χ2v) is 9.15. The van der Waals surface area contributed by atoms with Gasteiger partial charge in [0.2, 0.25) is 0 Å². The van der Waals surface area contributed by atoms with Crippen LogP contribution in [0.5, 0.6) is 0 Å². The van der Waals surface area contributed by atoms with Gasteiger partial charge in [0.05, 0.1) is 5.52 Å². The van der Waals surface area contributed by atoms with Crippen LogP contribution in [-0.2, 0) is 9.59 Å². The molecule has 1 aromatic heterocycles. The van der Waals surface area contributed by atoms with Gasteiger partial charge in [-0.2, -0.15) is 0 Å². The predicted octanol–water partition coefficient (Wildman–Crippen LogP) is 5.64. The maximum Gasteiger partial charge on any atom is 0.328 e. The maximum absolute atomic E-state index is 13.1. The van der Waals surface area contributed by atoms with Gasteiger partial charge in [-0.1, -0.05) is 33.6 Å². The largest absolute Gasteiger partial charge is 0.328 e. The standard InChI is InChI=1S/C25H20BrClN4O3/c1-14-9-15(2)11-20(10-14)29-24(33)25(34)30-31-21-8-5-18(27)12-16(21)13-22(31)23(32)28-19-6-3-17(26)4-7-19/h3-13H,1-2H3,(H,28,32)(H,29,33)(H,30,34). The third kappa shape index (κ3) is 5.30. The van der Waals surface area contributed by atoms with E-state index in [0.717, 1.165) is 15.6 Å². The first kappa shape index (κ1) is 23.5. The van der Waals surface area contributed by atoms with Crippen molar-refractivity contribution in [2.24, 2.45) is 0 Å². The summed E-state index contributed by atoms with van der Waals surface area (Å²) in [5, 5.41) is 6.49. The lowest BCUT2D eigenvalue weighted by Crippen LogP contribution is -2.36. The summed E-state index contributed by atoms with van der Waals surface area (Å²) < 4.78 is 2.15. The molecule has 172 valence electrons. The molecule has 0 unspecified atom stereocenters. The van der Waals surface area contributed by atoms with Crippen LogP contribution >= 0.6 is 27.5 Å². The number of rotatable bonds is 4. The first-order valence-electron chi connectivity index (χ1n) is 10.3. The summed E-state index contributed by atoms with van der Waals surface area (Å²) in [4.78, 5) is 38.4. The zero-order valence-electron chi connectivity index (χ0n) is 18.3. The second kappa shape index (κ2) is 9.70. The highest BCUT2D eigenvalue weighted by molar-refractivity contribution is 9.10. The van der Waals surface area contributed by atoms with Gasteiger partial charge < -0.3 is 10.6 Å². The Labute approximate surface area is 209 Å². The fourth-order valence-corrected chi connectivity index (χ4v) is 4.03. The van der Waals surface area contributed by atoms with Crippen molar-refractivity contribution in [2.45, 2.75) is 13.8 Å². The first-order chi connectivity index (χ1) is 16.2. The summed E-state index contributed by atoms with van der Waals surface area (Å²) in [6, 6.07) is 19.1. The van der Waals surface area contributed by atoms with Crippen LogP contribution in [0.25, 0.3) is 10.9 Å². The van der Waals surface area contributed by atoms with Crippen LogP contribution in [0.15, 0.2) is 71.2 Å². The van der Waals surface area contributed by atoms with Gasteiger partial charge in [-0.25, -0.2) is 4.68 Å². The van der Waals surface area contributed by atoms with Gasteiger partial charge in [-0.15, -0.1) is 0 Å². The molecule has 4 aromatic rings. The van der Waals surface area contributed by atoms with E-state index in [-0.39, 0.29) is 5.69 Å². The Bertz CT molecular complexity index is 1410. The van der Waals surface area contributed by atoms with Gasteiger partial charge >= 0.3 is 11.8 Å². The number of halogens is 2. The third-order valence-electron chi connectivity index (χ3n) is 5.00. The fourth-order valence-electron chi connectivity index (χ4n) is 3.59. The number of aryl methyl sites for hydroxylation is 2. The zero-order valence-corrected chi connectivity index (χ0v) is 20.6. The first-order valence-corrected chi connectivity index (χ1v) is 11.5. The highest BCUT2D eigenvalue weighted by Crippen LogP contribution is 2.24. The van der Waals surface area contributed by atoms with E-state index in [1.54, 1.807) is 60.7 Å². The molecule has 0 saturated carbocycles. The number of amides is 3. The molecule has 1 heterocycles. The normalized spacial score (nSPS) is 10.7. The summed E-state index contributed by atoms with van der Waals surface area (Å²) in [6.07, 6.45) is 0. The molecular weight excluding hydrogens is 520 g/mol. The van der Waals surface area contributed by atoms with Gasteiger partial charge in [-0.3, -0.25) is 19.8 Å². The number of benzene rings is 3. The molecule has 0 spiro atoms. The van der Waals surface area contributed by atoms with E-state index in [0.29, 0.717) is 27.3 Å². The van der Waals surface area contributed by atoms with Crippen molar-refractivity contribution in [3.05, 3.63) is 93.0 Å². The van der Waals surface area contributed by atoms with Gasteiger partial charge in [0, 0.05) is 26.3 Å². The number of nitrogens with zero attached hydrogens (tertiary/aromatic N) is 1. The molecule has 3 N–H and O–H groups in total. The van der Waals surface area contributed by atoms with Gasteiger partial charge in [0.25, 0.3) is 5.91 Å². The summed E-state index contributed by atoms with van der Waals surface area (Å²) in [6.45, 7) is 3.80. The monoisotopic (exact) mass is 538 g/mol. The Kier molecular flexibility index (Phi) is 6.72. The molecular formula is C25H20BrClN4O3. The predicted molar refractivity (Wildman–Crippen MR) is 138 cm³/mol. The van der Waals surface area contributed by atoms with Crippen molar-refractivity contribution in [3.63, 3.8) is 0 Å². The van der Waals surface area contributed by atoms with Crippen molar-refractivity contribution in [2.75, 3.05) is 16.1 Å². The minimum Gasteiger partial charge on any atom is -0.321 e. The van der Waals surface area contributed by atoms with Crippen molar-refractivity contribution >= 4 is 67.5 Å². The highest BCUT2D eigenvalue weighted by atomic mass is 79.9. The molecule has 34 heavy (non-hydrogen) atoms. The number of hydrogen-bond donors (Lipinski definition) is 3. The minimum absolute atomic E-state index is 0.132. The Hall–Kier alpha value is -3.62. The molecule has 0 aliphatic heterocycles. The molecule has 3 amide bonds. The SMILES string of the molecule is Cc1cc(C)cc(NC(=O)C(=O)Nn2c(C(=O)Nc3ccc(Br)cc3)cc3cc(Cl)ccc32)c1. The van der Waals surface area contributed by atoms with E-state index >= 15 is 0 Å². The molecule has 0 fully saturated rings. The number of nitrogens with one attached hydrogen (secondary N) is 3. The summed E-state index contributed by atoms with van der Waals surface area (Å²) in [5.74, 6) is -2.26. The average Bonchev–Trinajstić information content (AvgIpc) is 3.12. The van der Waals surface area contributed by atoms with E-state index in [2.05, 4.69) is 32.0 Å². The second-order valence-electron chi connectivity index (χ2n) is 7.80. The average molecular weight is 540 g/mol. The Morgan fingerprint density at radius 3 is 2.15 bits per heavy atom. The maximum atomic E-state index is 13.1. The van der Waals surface area contributed by atoms with E-state index in [1.165, 1.54) is 4.68 Å². The van der Waals surface area contributed by atoms with Crippen molar-refractivity contribution in [3.8, 4) is 0 Å². The van der Waals surface area contributed by atoms with Gasteiger partial charge in [0.15, 0.2) is 0 Å². The lowest BCUT2D eigenvalue weighted by Gasteiger charge is -2.13. The molecule has 7 nitrogen and oxygen atoms in total. The lowest BCUT2D eigenvalue weighted by atomic mass is 10.1. The van der Waals surface area contributed by atoms with Crippen LogP contribution in [0.1, 0.15) is 21.6 Å². The van der Waals surface area contributed by atoms with E-state index in [4.69, 9.17) is 11.6 Å². The zero-order chi connectivity index (χ0) is 24.4. The van der Waals surface area contributed by atoms with E-state index < -0.39 is 17.7 Å². The number of fused-ring (bicyclic) bond motifs is 1. The van der Waals surface area contributed by atoms with Crippen LogP contribution in [0.4, 0.5) is 11.4 Å². The number of carbonyl (C=O) groups is 3. The Balaban J connectivity index is 1.62. The quantitative estimate of drug-likeness (QED) is 0.293. The molecule has 0 saturated heterocycles. The van der Waals surface area contributed by atoms with Crippen LogP contribution in [-0.4, -0.2) is 22.4 Å². The molecule has 3 aromatic carbocycles. The fraction of sp³-hybridized carbons (Fsp3) is 0.0800. The summed E-state index contributed by atoms with van der Waals surface area (Å²) in [7, 11) is 0.